The van der Waals surface area contributed by atoms with Crippen molar-refractivity contribution in [1.29, 1.82) is 0 Å². The molecule has 1 unspecified atom stereocenters. The third-order valence-electron chi connectivity index (χ3n) is 5.56. The van der Waals surface area contributed by atoms with E-state index in [0.717, 1.165) is 18.8 Å². The molecule has 0 bridgehead atoms. The van der Waals surface area contributed by atoms with E-state index in [2.05, 4.69) is 87.7 Å². The lowest BCUT2D eigenvalue weighted by molar-refractivity contribution is 0.479. The second-order valence-electron chi connectivity index (χ2n) is 8.28. The van der Waals surface area contributed by atoms with Crippen molar-refractivity contribution in [2.75, 3.05) is 6.54 Å². The summed E-state index contributed by atoms with van der Waals surface area (Å²) in [7, 11) is -1.85. The maximum atomic E-state index is 6.68. The Morgan fingerprint density at radius 3 is 2.29 bits per heavy atom. The molecule has 0 aliphatic carbocycles. The summed E-state index contributed by atoms with van der Waals surface area (Å²) in [5.74, 6) is 1.42. The summed E-state index contributed by atoms with van der Waals surface area (Å²) < 4.78 is 6.68. The van der Waals surface area contributed by atoms with Gasteiger partial charge in [-0.25, -0.2) is 0 Å². The molecule has 24 heavy (non-hydrogen) atoms. The van der Waals surface area contributed by atoms with Crippen LogP contribution in [0.5, 0.6) is 5.75 Å². The summed E-state index contributed by atoms with van der Waals surface area (Å²) in [6.07, 6.45) is 0. The zero-order chi connectivity index (χ0) is 17.4. The van der Waals surface area contributed by atoms with Gasteiger partial charge in [0.05, 0.1) is 0 Å². The fourth-order valence-electron chi connectivity index (χ4n) is 3.06. The molecule has 0 saturated heterocycles. The van der Waals surface area contributed by atoms with Crippen LogP contribution in [0.2, 0.25) is 18.1 Å². The molecule has 3 rings (SSSR count). The number of fused-ring (bicyclic) bond motifs is 1. The molecule has 0 fully saturated rings. The van der Waals surface area contributed by atoms with Gasteiger partial charge in [-0.15, -0.1) is 0 Å². The van der Waals surface area contributed by atoms with E-state index in [1.807, 2.05) is 0 Å². The fourth-order valence-corrected chi connectivity index (χ4v) is 4.10. The first-order valence-electron chi connectivity index (χ1n) is 8.86. The van der Waals surface area contributed by atoms with Gasteiger partial charge in [0.25, 0.3) is 0 Å². The van der Waals surface area contributed by atoms with E-state index < -0.39 is 8.32 Å². The van der Waals surface area contributed by atoms with Crippen LogP contribution in [0.4, 0.5) is 0 Å². The maximum Gasteiger partial charge on any atom is 0.250 e. The smallest absolute Gasteiger partial charge is 0.250 e. The van der Waals surface area contributed by atoms with Gasteiger partial charge in [-0.1, -0.05) is 63.2 Å². The first kappa shape index (κ1) is 17.2. The van der Waals surface area contributed by atoms with Gasteiger partial charge in [0.15, 0.2) is 0 Å². The minimum Gasteiger partial charge on any atom is -0.543 e. The third-order valence-corrected chi connectivity index (χ3v) is 9.90. The number of para-hydroxylation sites is 1. The molecule has 2 aromatic rings. The number of rotatable bonds is 3. The topological polar surface area (TPSA) is 21.3 Å². The van der Waals surface area contributed by atoms with Crippen LogP contribution in [0.1, 0.15) is 43.4 Å². The molecule has 1 N–H and O–H groups in total. The highest BCUT2D eigenvalue weighted by molar-refractivity contribution is 6.74. The predicted octanol–water partition coefficient (Wildman–Crippen LogP) is 5.31. The van der Waals surface area contributed by atoms with Crippen molar-refractivity contribution >= 4 is 8.32 Å². The second-order valence-corrected chi connectivity index (χ2v) is 13.0. The Kier molecular flexibility index (Phi) is 4.58. The molecule has 2 nitrogen and oxygen atoms in total. The number of benzene rings is 2. The molecule has 1 atom stereocenters. The average molecular weight is 340 g/mol. The van der Waals surface area contributed by atoms with E-state index in [1.165, 1.54) is 16.7 Å². The number of nitrogens with one attached hydrogen (secondary N) is 1. The van der Waals surface area contributed by atoms with Crippen LogP contribution in [0.25, 0.3) is 0 Å². The Hall–Kier alpha value is -1.58. The number of hydrogen-bond acceptors (Lipinski definition) is 2. The summed E-state index contributed by atoms with van der Waals surface area (Å²) in [5.41, 5.74) is 4.14. The van der Waals surface area contributed by atoms with E-state index in [1.54, 1.807) is 0 Å². The van der Waals surface area contributed by atoms with Gasteiger partial charge in [0.1, 0.15) is 5.75 Å². The van der Waals surface area contributed by atoms with Crippen LogP contribution in [-0.4, -0.2) is 14.9 Å². The Labute approximate surface area is 147 Å². The first-order valence-corrected chi connectivity index (χ1v) is 11.8. The summed E-state index contributed by atoms with van der Waals surface area (Å²) in [4.78, 5) is 0. The normalized spacial score (nSPS) is 18.1. The zero-order valence-corrected chi connectivity index (χ0v) is 16.5. The van der Waals surface area contributed by atoms with Crippen molar-refractivity contribution in [3.63, 3.8) is 0 Å². The minimum absolute atomic E-state index is 0.197. The molecule has 1 heterocycles. The Morgan fingerprint density at radius 1 is 0.958 bits per heavy atom. The molecule has 0 aromatic heterocycles. The zero-order valence-electron chi connectivity index (χ0n) is 15.5. The van der Waals surface area contributed by atoms with Crippen molar-refractivity contribution in [3.8, 4) is 5.75 Å². The molecule has 128 valence electrons. The molecule has 1 aliphatic rings. The van der Waals surface area contributed by atoms with Crippen LogP contribution >= 0.6 is 0 Å². The van der Waals surface area contributed by atoms with Crippen LogP contribution in [0.3, 0.4) is 0 Å². The summed E-state index contributed by atoms with van der Waals surface area (Å²) in [6.45, 7) is 13.4. The quantitative estimate of drug-likeness (QED) is 0.766. The molecule has 1 aliphatic heterocycles. The van der Waals surface area contributed by atoms with E-state index in [4.69, 9.17) is 4.43 Å². The van der Waals surface area contributed by atoms with Crippen molar-refractivity contribution in [2.24, 2.45) is 0 Å². The van der Waals surface area contributed by atoms with Crippen molar-refractivity contribution in [3.05, 3.63) is 65.2 Å². The van der Waals surface area contributed by atoms with Gasteiger partial charge in [-0.05, 0) is 35.3 Å². The highest BCUT2D eigenvalue weighted by Crippen LogP contribution is 2.41. The van der Waals surface area contributed by atoms with E-state index in [-0.39, 0.29) is 5.04 Å². The molecule has 3 heteroatoms. The lowest BCUT2D eigenvalue weighted by atomic mass is 9.85. The summed E-state index contributed by atoms with van der Waals surface area (Å²) in [6, 6.07) is 17.4. The summed E-state index contributed by atoms with van der Waals surface area (Å²) >= 11 is 0. The van der Waals surface area contributed by atoms with E-state index in [0.29, 0.717) is 5.92 Å². The predicted molar refractivity (Wildman–Crippen MR) is 104 cm³/mol. The minimum atomic E-state index is -1.85. The van der Waals surface area contributed by atoms with E-state index >= 15 is 0 Å². The van der Waals surface area contributed by atoms with Gasteiger partial charge in [-0.3, -0.25) is 0 Å². The molecular formula is C21H29NOSi. The first-order chi connectivity index (χ1) is 11.3. The maximum absolute atomic E-state index is 6.68. The van der Waals surface area contributed by atoms with Gasteiger partial charge in [0.2, 0.25) is 8.32 Å². The number of hydrogen-bond donors (Lipinski definition) is 1. The van der Waals surface area contributed by atoms with Crippen LogP contribution < -0.4 is 9.74 Å². The standard InChI is InChI=1S/C21H29NOSi/c1-21(2,3)24(4,5)23-20-13-9-8-12-18(20)19-15-22-14-16-10-6-7-11-17(16)19/h6-13,19,22H,14-15H2,1-5H3. The van der Waals surface area contributed by atoms with Gasteiger partial charge in [-0.2, -0.15) is 0 Å². The molecule has 0 amide bonds. The van der Waals surface area contributed by atoms with Crippen LogP contribution in [0, 0.1) is 0 Å². The average Bonchev–Trinajstić information content (AvgIpc) is 2.53. The lowest BCUT2D eigenvalue weighted by Crippen LogP contribution is -2.44. The van der Waals surface area contributed by atoms with Crippen molar-refractivity contribution < 1.29 is 4.43 Å². The molecular weight excluding hydrogens is 310 g/mol. The van der Waals surface area contributed by atoms with Gasteiger partial charge in [0, 0.05) is 24.6 Å². The molecule has 0 saturated carbocycles. The summed E-state index contributed by atoms with van der Waals surface area (Å²) in [5, 5.41) is 3.76. The lowest BCUT2D eigenvalue weighted by Gasteiger charge is -2.38. The van der Waals surface area contributed by atoms with E-state index in [9.17, 15) is 0 Å². The second kappa shape index (κ2) is 6.38. The van der Waals surface area contributed by atoms with Crippen LogP contribution in [0.15, 0.2) is 48.5 Å². The SMILES string of the molecule is CC(C)(C)[Si](C)(C)Oc1ccccc1C1CNCc2ccccc21. The molecule has 0 spiro atoms. The third kappa shape index (κ3) is 3.28. The largest absolute Gasteiger partial charge is 0.543 e. The van der Waals surface area contributed by atoms with Gasteiger partial charge < -0.3 is 9.74 Å². The van der Waals surface area contributed by atoms with Crippen molar-refractivity contribution in [2.45, 2.75) is 51.4 Å². The Morgan fingerprint density at radius 2 is 1.58 bits per heavy atom. The monoisotopic (exact) mass is 339 g/mol. The van der Waals surface area contributed by atoms with Crippen LogP contribution in [-0.2, 0) is 6.54 Å². The van der Waals surface area contributed by atoms with Gasteiger partial charge >= 0.3 is 0 Å². The highest BCUT2D eigenvalue weighted by atomic mass is 28.4. The highest BCUT2D eigenvalue weighted by Gasteiger charge is 2.39. The molecule has 2 aromatic carbocycles. The Bertz CT molecular complexity index is 718. The molecule has 0 radical (unpaired) electrons. The fraction of sp³-hybridized carbons (Fsp3) is 0.429. The van der Waals surface area contributed by atoms with Crippen molar-refractivity contribution in [1.82, 2.24) is 5.32 Å². The Balaban J connectivity index is 2.00.